The summed E-state index contributed by atoms with van der Waals surface area (Å²) in [5, 5.41) is 6.00. The number of aromatic nitrogens is 1. The Bertz CT molecular complexity index is 1460. The zero-order chi connectivity index (χ0) is 27.5. The van der Waals surface area contributed by atoms with E-state index < -0.39 is 6.09 Å². The summed E-state index contributed by atoms with van der Waals surface area (Å²) in [6.45, 7) is 2.15. The van der Waals surface area contributed by atoms with E-state index in [1.165, 1.54) is 31.2 Å². The summed E-state index contributed by atoms with van der Waals surface area (Å²) < 4.78 is 11.8. The maximum Gasteiger partial charge on any atom is 0.416 e. The molecule has 6 nitrogen and oxygen atoms in total. The van der Waals surface area contributed by atoms with Crippen molar-refractivity contribution < 1.29 is 14.3 Å². The summed E-state index contributed by atoms with van der Waals surface area (Å²) in [7, 11) is 0. The Morgan fingerprint density at radius 2 is 1.68 bits per heavy atom. The third-order valence-corrected chi connectivity index (χ3v) is 8.40. The maximum atomic E-state index is 13.5. The normalized spacial score (nSPS) is 17.2. The molecule has 1 aliphatic carbocycles. The Hall–Kier alpha value is -3.19. The lowest BCUT2D eigenvalue weighted by Gasteiger charge is -2.35. The molecule has 1 aliphatic heterocycles. The lowest BCUT2D eigenvalue weighted by Crippen LogP contribution is -2.42. The van der Waals surface area contributed by atoms with Crippen LogP contribution in [0.2, 0.25) is 10.0 Å². The van der Waals surface area contributed by atoms with Crippen molar-refractivity contribution in [2.24, 2.45) is 0 Å². The molecule has 2 N–H and O–H groups in total. The highest BCUT2D eigenvalue weighted by atomic mass is 35.5. The van der Waals surface area contributed by atoms with Gasteiger partial charge in [-0.25, -0.2) is 4.79 Å². The molecule has 1 aromatic heterocycles. The van der Waals surface area contributed by atoms with Crippen LogP contribution in [0.3, 0.4) is 0 Å². The van der Waals surface area contributed by atoms with Gasteiger partial charge in [-0.15, -0.1) is 0 Å². The van der Waals surface area contributed by atoms with Crippen LogP contribution in [-0.4, -0.2) is 41.7 Å². The second-order valence-electron chi connectivity index (χ2n) is 10.6. The van der Waals surface area contributed by atoms with Crippen LogP contribution in [-0.2, 0) is 6.42 Å². The van der Waals surface area contributed by atoms with Crippen molar-refractivity contribution in [3.63, 3.8) is 0 Å². The fourth-order valence-electron chi connectivity index (χ4n) is 5.91. The van der Waals surface area contributed by atoms with Crippen LogP contribution in [0.25, 0.3) is 10.9 Å². The van der Waals surface area contributed by atoms with E-state index in [2.05, 4.69) is 10.3 Å². The van der Waals surface area contributed by atoms with Gasteiger partial charge in [0.2, 0.25) is 0 Å². The van der Waals surface area contributed by atoms with E-state index >= 15 is 0 Å². The molecule has 0 saturated heterocycles. The van der Waals surface area contributed by atoms with Gasteiger partial charge in [-0.1, -0.05) is 48.2 Å². The Morgan fingerprint density at radius 3 is 2.45 bits per heavy atom. The summed E-state index contributed by atoms with van der Waals surface area (Å²) >= 11 is 12.4. The van der Waals surface area contributed by atoms with Crippen LogP contribution in [0.5, 0.6) is 11.5 Å². The molecule has 8 heteroatoms. The van der Waals surface area contributed by atoms with Crippen molar-refractivity contribution in [1.29, 1.82) is 0 Å². The number of hydrogen-bond donors (Lipinski definition) is 2. The van der Waals surface area contributed by atoms with E-state index in [0.717, 1.165) is 40.9 Å². The smallest absolute Gasteiger partial charge is 0.416 e. The summed E-state index contributed by atoms with van der Waals surface area (Å²) in [6.07, 6.45) is 6.50. The summed E-state index contributed by atoms with van der Waals surface area (Å²) in [6, 6.07) is 21.0. The molecule has 2 heterocycles. The number of amides is 1. The van der Waals surface area contributed by atoms with Crippen LogP contribution < -0.4 is 14.8 Å². The molecule has 1 atom stereocenters. The number of nitrogens with one attached hydrogen (secondary N) is 2. The maximum absolute atomic E-state index is 13.5. The quantitative estimate of drug-likeness (QED) is 0.209. The Kier molecular flexibility index (Phi) is 8.19. The molecule has 1 unspecified atom stereocenters. The van der Waals surface area contributed by atoms with Gasteiger partial charge < -0.3 is 19.8 Å². The standard InChI is InChI=1S/C32H33Cl2N3O3/c33-22-8-13-26(14-9-22)40-32(38)37-18-16-27-28-20-23(34)10-15-29(28)36-30(27)31(37)21-6-11-25(12-7-21)39-19-3-17-35-24-4-1-2-5-24/h6-15,20,24,31,35-36H,1-5,16-19H2. The molecular formula is C32H33Cl2N3O3. The highest BCUT2D eigenvalue weighted by Crippen LogP contribution is 2.40. The first-order valence-corrected chi connectivity index (χ1v) is 14.8. The van der Waals surface area contributed by atoms with Crippen LogP contribution in [0.1, 0.15) is 55.0 Å². The number of nitrogens with zero attached hydrogens (tertiary/aromatic N) is 1. The highest BCUT2D eigenvalue weighted by Gasteiger charge is 2.35. The minimum absolute atomic E-state index is 0.348. The molecule has 208 valence electrons. The van der Waals surface area contributed by atoms with Crippen molar-refractivity contribution in [3.05, 3.63) is 93.6 Å². The van der Waals surface area contributed by atoms with Gasteiger partial charge in [0.05, 0.1) is 6.61 Å². The van der Waals surface area contributed by atoms with Gasteiger partial charge in [-0.05, 0) is 98.0 Å². The topological polar surface area (TPSA) is 66.6 Å². The van der Waals surface area contributed by atoms with E-state index in [0.29, 0.717) is 41.4 Å². The summed E-state index contributed by atoms with van der Waals surface area (Å²) in [4.78, 5) is 18.8. The van der Waals surface area contributed by atoms with E-state index in [9.17, 15) is 4.79 Å². The van der Waals surface area contributed by atoms with Crippen molar-refractivity contribution in [1.82, 2.24) is 15.2 Å². The van der Waals surface area contributed by atoms with Gasteiger partial charge in [0.25, 0.3) is 0 Å². The Labute approximate surface area is 244 Å². The average Bonchev–Trinajstić information content (AvgIpc) is 3.62. The molecule has 3 aromatic carbocycles. The molecule has 0 bridgehead atoms. The zero-order valence-electron chi connectivity index (χ0n) is 22.3. The van der Waals surface area contributed by atoms with Crippen LogP contribution in [0, 0.1) is 0 Å². The fourth-order valence-corrected chi connectivity index (χ4v) is 6.21. The number of H-pyrrole nitrogens is 1. The lowest BCUT2D eigenvalue weighted by atomic mass is 9.92. The number of halogens is 2. The summed E-state index contributed by atoms with van der Waals surface area (Å²) in [5.74, 6) is 1.27. The van der Waals surface area contributed by atoms with Gasteiger partial charge in [-0.2, -0.15) is 0 Å². The van der Waals surface area contributed by atoms with Crippen molar-refractivity contribution >= 4 is 40.2 Å². The minimum Gasteiger partial charge on any atom is -0.494 e. The van der Waals surface area contributed by atoms with Crippen molar-refractivity contribution in [3.8, 4) is 11.5 Å². The molecule has 1 fully saturated rings. The number of benzene rings is 3. The number of rotatable bonds is 8. The third-order valence-electron chi connectivity index (χ3n) is 7.92. The zero-order valence-corrected chi connectivity index (χ0v) is 23.8. The molecule has 4 aromatic rings. The number of hydrogen-bond acceptors (Lipinski definition) is 4. The molecular weight excluding hydrogens is 545 g/mol. The largest absolute Gasteiger partial charge is 0.494 e. The minimum atomic E-state index is -0.412. The number of carbonyl (C=O) groups excluding carboxylic acids is 1. The second kappa shape index (κ2) is 12.1. The average molecular weight is 579 g/mol. The van der Waals surface area contributed by atoms with Gasteiger partial charge in [-0.3, -0.25) is 4.90 Å². The molecule has 0 spiro atoms. The Morgan fingerprint density at radius 1 is 0.950 bits per heavy atom. The monoisotopic (exact) mass is 577 g/mol. The predicted octanol–water partition coefficient (Wildman–Crippen LogP) is 7.92. The Balaban J connectivity index is 1.21. The predicted molar refractivity (Wildman–Crippen MR) is 160 cm³/mol. The SMILES string of the molecule is O=C(Oc1ccc(Cl)cc1)N1CCc2c([nH]c3ccc(Cl)cc23)C1c1ccc(OCCCNC2CCCC2)cc1. The number of aromatic amines is 1. The van der Waals surface area contributed by atoms with Gasteiger partial charge in [0.1, 0.15) is 17.5 Å². The lowest BCUT2D eigenvalue weighted by molar-refractivity contribution is 0.135. The van der Waals surface area contributed by atoms with Gasteiger partial charge in [0.15, 0.2) is 0 Å². The van der Waals surface area contributed by atoms with Gasteiger partial charge in [0, 0.05) is 39.2 Å². The van der Waals surface area contributed by atoms with Crippen molar-refractivity contribution in [2.75, 3.05) is 19.7 Å². The molecule has 6 rings (SSSR count). The molecule has 2 aliphatic rings. The van der Waals surface area contributed by atoms with E-state index in [1.54, 1.807) is 29.2 Å². The first-order valence-electron chi connectivity index (χ1n) is 14.1. The number of ether oxygens (including phenoxy) is 2. The molecule has 1 amide bonds. The van der Waals surface area contributed by atoms with Gasteiger partial charge >= 0.3 is 6.09 Å². The van der Waals surface area contributed by atoms with Crippen molar-refractivity contribution in [2.45, 2.75) is 50.6 Å². The number of fused-ring (bicyclic) bond motifs is 3. The number of carbonyl (C=O) groups is 1. The highest BCUT2D eigenvalue weighted by molar-refractivity contribution is 6.31. The molecule has 1 saturated carbocycles. The third kappa shape index (κ3) is 5.95. The van der Waals surface area contributed by atoms with E-state index in [1.807, 2.05) is 42.5 Å². The second-order valence-corrected chi connectivity index (χ2v) is 11.5. The molecule has 0 radical (unpaired) electrons. The first-order chi connectivity index (χ1) is 19.5. The van der Waals surface area contributed by atoms with Crippen LogP contribution in [0.15, 0.2) is 66.7 Å². The van der Waals surface area contributed by atoms with E-state index in [4.69, 9.17) is 32.7 Å². The first kappa shape index (κ1) is 27.0. The molecule has 40 heavy (non-hydrogen) atoms. The van der Waals surface area contributed by atoms with Crippen LogP contribution >= 0.6 is 23.2 Å². The van der Waals surface area contributed by atoms with E-state index in [-0.39, 0.29) is 6.04 Å². The summed E-state index contributed by atoms with van der Waals surface area (Å²) in [5.41, 5.74) is 4.12. The fraction of sp³-hybridized carbons (Fsp3) is 0.344. The van der Waals surface area contributed by atoms with Crippen LogP contribution in [0.4, 0.5) is 4.79 Å².